The van der Waals surface area contributed by atoms with Crippen LogP contribution in [-0.4, -0.2) is 30.2 Å². The molecular formula is C11H15NO4S. The van der Waals surface area contributed by atoms with E-state index in [1.807, 2.05) is 6.92 Å². The first-order valence-corrected chi connectivity index (χ1v) is 6.07. The van der Waals surface area contributed by atoms with Crippen molar-refractivity contribution in [3.63, 3.8) is 0 Å². The number of thiophene rings is 1. The number of amides is 1. The highest BCUT2D eigenvalue weighted by Crippen LogP contribution is 2.26. The minimum Gasteiger partial charge on any atom is -0.477 e. The Kier molecular flexibility index (Phi) is 5.11. The summed E-state index contributed by atoms with van der Waals surface area (Å²) >= 11 is 1.06. The average Bonchev–Trinajstić information content (AvgIpc) is 2.60. The van der Waals surface area contributed by atoms with Gasteiger partial charge in [0.1, 0.15) is 4.88 Å². The molecule has 0 spiro atoms. The molecule has 0 atom stereocenters. The van der Waals surface area contributed by atoms with Crippen LogP contribution in [0.5, 0.6) is 0 Å². The van der Waals surface area contributed by atoms with Gasteiger partial charge in [-0.1, -0.05) is 0 Å². The van der Waals surface area contributed by atoms with Gasteiger partial charge in [-0.05, 0) is 25.5 Å². The minimum atomic E-state index is -0.970. The highest BCUT2D eigenvalue weighted by Gasteiger charge is 2.13. The van der Waals surface area contributed by atoms with E-state index in [1.165, 1.54) is 0 Å². The van der Waals surface area contributed by atoms with Gasteiger partial charge in [-0.15, -0.1) is 11.3 Å². The standard InChI is InChI=1S/C11H15NO4S/c1-3-16-5-4-8(13)12-9-6-7(2)10(17-9)11(14)15/h6H,3-5H2,1-2H3,(H,12,13)(H,14,15). The lowest BCUT2D eigenvalue weighted by atomic mass is 10.3. The number of hydrogen-bond donors (Lipinski definition) is 2. The first-order chi connectivity index (χ1) is 8.04. The van der Waals surface area contributed by atoms with Crippen molar-refractivity contribution >= 4 is 28.2 Å². The number of ether oxygens (including phenoxy) is 1. The first-order valence-electron chi connectivity index (χ1n) is 5.26. The molecule has 94 valence electrons. The van der Waals surface area contributed by atoms with Crippen molar-refractivity contribution in [3.8, 4) is 0 Å². The van der Waals surface area contributed by atoms with Gasteiger partial charge in [0.15, 0.2) is 0 Å². The molecule has 1 aromatic rings. The second-order valence-electron chi connectivity index (χ2n) is 3.42. The highest BCUT2D eigenvalue weighted by molar-refractivity contribution is 7.18. The Morgan fingerprint density at radius 1 is 1.53 bits per heavy atom. The van der Waals surface area contributed by atoms with Gasteiger partial charge in [0.05, 0.1) is 18.0 Å². The van der Waals surface area contributed by atoms with E-state index in [1.54, 1.807) is 13.0 Å². The molecular weight excluding hydrogens is 242 g/mol. The molecule has 1 heterocycles. The van der Waals surface area contributed by atoms with E-state index in [-0.39, 0.29) is 17.2 Å². The van der Waals surface area contributed by atoms with Crippen molar-refractivity contribution in [2.45, 2.75) is 20.3 Å². The summed E-state index contributed by atoms with van der Waals surface area (Å²) in [4.78, 5) is 22.5. The first kappa shape index (κ1) is 13.7. The number of carboxylic acid groups (broad SMARTS) is 1. The van der Waals surface area contributed by atoms with Crippen molar-refractivity contribution < 1.29 is 19.4 Å². The summed E-state index contributed by atoms with van der Waals surface area (Å²) in [6.45, 7) is 4.52. The zero-order valence-corrected chi connectivity index (χ0v) is 10.6. The van der Waals surface area contributed by atoms with Crippen molar-refractivity contribution in [3.05, 3.63) is 16.5 Å². The van der Waals surface area contributed by atoms with Crippen LogP contribution in [0.15, 0.2) is 6.07 Å². The maximum atomic E-state index is 11.4. The molecule has 6 heteroatoms. The van der Waals surface area contributed by atoms with Gasteiger partial charge < -0.3 is 15.2 Å². The molecule has 0 aliphatic rings. The molecule has 0 radical (unpaired) electrons. The molecule has 0 unspecified atom stereocenters. The van der Waals surface area contributed by atoms with Crippen LogP contribution in [0.4, 0.5) is 5.00 Å². The van der Waals surface area contributed by atoms with Crippen molar-refractivity contribution in [1.29, 1.82) is 0 Å². The van der Waals surface area contributed by atoms with E-state index in [9.17, 15) is 9.59 Å². The SMILES string of the molecule is CCOCCC(=O)Nc1cc(C)c(C(=O)O)s1. The number of carboxylic acids is 1. The van der Waals surface area contributed by atoms with E-state index >= 15 is 0 Å². The number of carbonyl (C=O) groups is 2. The maximum absolute atomic E-state index is 11.4. The molecule has 0 saturated carbocycles. The minimum absolute atomic E-state index is 0.170. The second-order valence-corrected chi connectivity index (χ2v) is 4.48. The van der Waals surface area contributed by atoms with E-state index < -0.39 is 5.97 Å². The summed E-state index contributed by atoms with van der Waals surface area (Å²) in [5, 5.41) is 12.1. The van der Waals surface area contributed by atoms with E-state index in [2.05, 4.69) is 5.32 Å². The van der Waals surface area contributed by atoms with Crippen molar-refractivity contribution in [2.75, 3.05) is 18.5 Å². The van der Waals surface area contributed by atoms with Gasteiger partial charge in [-0.3, -0.25) is 4.79 Å². The number of rotatable bonds is 6. The summed E-state index contributed by atoms with van der Waals surface area (Å²) in [7, 11) is 0. The summed E-state index contributed by atoms with van der Waals surface area (Å²) in [5.41, 5.74) is 0.655. The third kappa shape index (κ3) is 4.16. The molecule has 5 nitrogen and oxygen atoms in total. The Bertz CT molecular complexity index is 414. The van der Waals surface area contributed by atoms with Gasteiger partial charge in [-0.2, -0.15) is 0 Å². The lowest BCUT2D eigenvalue weighted by molar-refractivity contribution is -0.117. The summed E-state index contributed by atoms with van der Waals surface area (Å²) < 4.78 is 5.06. The third-order valence-electron chi connectivity index (χ3n) is 2.05. The number of anilines is 1. The predicted molar refractivity (Wildman–Crippen MR) is 65.8 cm³/mol. The molecule has 0 fully saturated rings. The van der Waals surface area contributed by atoms with Crippen LogP contribution in [0.1, 0.15) is 28.6 Å². The fraction of sp³-hybridized carbons (Fsp3) is 0.455. The molecule has 1 amide bonds. The Hall–Kier alpha value is -1.40. The molecule has 0 saturated heterocycles. The lowest BCUT2D eigenvalue weighted by Gasteiger charge is -2.02. The van der Waals surface area contributed by atoms with Crippen LogP contribution in [0, 0.1) is 6.92 Å². The normalized spacial score (nSPS) is 10.2. The second kappa shape index (κ2) is 6.36. The third-order valence-corrected chi connectivity index (χ3v) is 3.19. The van der Waals surface area contributed by atoms with Crippen molar-refractivity contribution in [2.24, 2.45) is 0 Å². The van der Waals surface area contributed by atoms with Gasteiger partial charge in [-0.25, -0.2) is 4.79 Å². The maximum Gasteiger partial charge on any atom is 0.346 e. The molecule has 0 aromatic carbocycles. The van der Waals surface area contributed by atoms with Crippen LogP contribution in [0.3, 0.4) is 0 Å². The van der Waals surface area contributed by atoms with E-state index in [0.717, 1.165) is 11.3 Å². The summed E-state index contributed by atoms with van der Waals surface area (Å²) in [6, 6.07) is 1.66. The largest absolute Gasteiger partial charge is 0.477 e. The van der Waals surface area contributed by atoms with Crippen molar-refractivity contribution in [1.82, 2.24) is 0 Å². The Labute approximate surface area is 103 Å². The quantitative estimate of drug-likeness (QED) is 0.765. The average molecular weight is 257 g/mol. The summed E-state index contributed by atoms with van der Waals surface area (Å²) in [6.07, 6.45) is 0.271. The number of aryl methyl sites for hydroxylation is 1. The van der Waals surface area contributed by atoms with Crippen LogP contribution < -0.4 is 5.32 Å². The highest BCUT2D eigenvalue weighted by atomic mass is 32.1. The number of nitrogens with one attached hydrogen (secondary N) is 1. The Morgan fingerprint density at radius 2 is 2.24 bits per heavy atom. The van der Waals surface area contributed by atoms with Gasteiger partial charge >= 0.3 is 5.97 Å². The number of carbonyl (C=O) groups excluding carboxylic acids is 1. The Balaban J connectivity index is 2.54. The zero-order valence-electron chi connectivity index (χ0n) is 9.78. The fourth-order valence-electron chi connectivity index (χ4n) is 1.27. The topological polar surface area (TPSA) is 75.6 Å². The smallest absolute Gasteiger partial charge is 0.346 e. The van der Waals surface area contributed by atoms with Crippen LogP contribution in [0.2, 0.25) is 0 Å². The molecule has 0 bridgehead atoms. The van der Waals surface area contributed by atoms with Gasteiger partial charge in [0.2, 0.25) is 5.91 Å². The number of hydrogen-bond acceptors (Lipinski definition) is 4. The number of aromatic carboxylic acids is 1. The van der Waals surface area contributed by atoms with E-state index in [4.69, 9.17) is 9.84 Å². The van der Waals surface area contributed by atoms with Crippen LogP contribution in [-0.2, 0) is 9.53 Å². The lowest BCUT2D eigenvalue weighted by Crippen LogP contribution is -2.13. The zero-order chi connectivity index (χ0) is 12.8. The molecule has 0 aliphatic carbocycles. The monoisotopic (exact) mass is 257 g/mol. The fourth-order valence-corrected chi connectivity index (χ4v) is 2.19. The molecule has 1 aromatic heterocycles. The van der Waals surface area contributed by atoms with Gasteiger partial charge in [0.25, 0.3) is 0 Å². The molecule has 0 aliphatic heterocycles. The Morgan fingerprint density at radius 3 is 2.76 bits per heavy atom. The van der Waals surface area contributed by atoms with Gasteiger partial charge in [0, 0.05) is 6.61 Å². The summed E-state index contributed by atoms with van der Waals surface area (Å²) in [5.74, 6) is -1.14. The molecule has 2 N–H and O–H groups in total. The molecule has 17 heavy (non-hydrogen) atoms. The van der Waals surface area contributed by atoms with E-state index in [0.29, 0.717) is 23.8 Å². The molecule has 1 rings (SSSR count). The van der Waals surface area contributed by atoms with Crippen LogP contribution in [0.25, 0.3) is 0 Å². The predicted octanol–water partition coefficient (Wildman–Crippen LogP) is 2.12. The van der Waals surface area contributed by atoms with Crippen LogP contribution >= 0.6 is 11.3 Å².